The zero-order valence-corrected chi connectivity index (χ0v) is 62.0. The number of benzene rings is 6. The minimum Gasteiger partial charge on any atom is -0.480 e. The van der Waals surface area contributed by atoms with Crippen molar-refractivity contribution in [1.82, 2.24) is 30.0 Å². The molecule has 6 atom stereocenters. The largest absolute Gasteiger partial charge is 0.480 e. The molecule has 0 radical (unpaired) electrons. The van der Waals surface area contributed by atoms with Crippen LogP contribution in [0.3, 0.4) is 0 Å². The molecule has 3 aliphatic heterocycles. The molecule has 1 fully saturated rings. The van der Waals surface area contributed by atoms with Crippen LogP contribution in [0.25, 0.3) is 54.7 Å². The Labute approximate surface area is 515 Å². The minimum atomic E-state index is -5.17. The van der Waals surface area contributed by atoms with Gasteiger partial charge in [0, 0.05) is 70.8 Å². The molecule has 93 heavy (non-hydrogen) atoms. The van der Waals surface area contributed by atoms with Gasteiger partial charge in [-0.2, -0.15) is 0 Å². The quantitative estimate of drug-likeness (QED) is 0.0169. The molecule has 33 heteroatoms. The number of nitrogens with zero attached hydrogens (tertiary/aromatic N) is 3. The molecule has 0 spiro atoms. The fourth-order valence-corrected chi connectivity index (χ4v) is 16.2. The van der Waals surface area contributed by atoms with Crippen LogP contribution >= 0.6 is 37.2 Å². The molecular weight excluding hydrogens is 2260 g/mol. The summed E-state index contributed by atoms with van der Waals surface area (Å²) in [7, 11) is -4.43. The third kappa shape index (κ3) is 12.4. The van der Waals surface area contributed by atoms with Crippen molar-refractivity contribution in [3.63, 3.8) is 0 Å². The Kier molecular flexibility index (Phi) is 19.1. The number of carboxylic acids is 1. The Balaban J connectivity index is 0.00000278. The van der Waals surface area contributed by atoms with E-state index in [0.717, 1.165) is 22.3 Å². The maximum atomic E-state index is 14.6. The van der Waals surface area contributed by atoms with Crippen LogP contribution < -0.4 is 16.0 Å². The number of nitrogens with one attached hydrogen (secondary N) is 3. The molecule has 4 amide bonds. The molecule has 2 aromatic heterocycles. The number of rotatable bonds is 23. The number of likely N-dealkylation sites (N-methyl/N-ethyl adjacent to an activating group) is 1. The van der Waals surface area contributed by atoms with Crippen molar-refractivity contribution in [2.45, 2.75) is 73.6 Å². The van der Waals surface area contributed by atoms with Crippen LogP contribution in [0.2, 0.25) is 0 Å². The average molecular weight is 2320 g/mol. The SMILES string of the molecule is COC1C(N(C)C(=O)OCc2ccc(SSCC(NC(=O)OCC3c4ccccc4-c4ccccc43)C(=O)NCCOP(=O)(O)O)c(CCOCC(=O)O)c2)CC2OC1(C)n1c3ccccc3c3c4c(c5c6ccccc6n2c5c31)C(=O)NC4OP(=O)(O)O.[Fm].[Fm].[Fm].[Fm]. The second-order valence-electron chi connectivity index (χ2n) is 21.8. The van der Waals surface area contributed by atoms with Crippen LogP contribution in [-0.2, 0) is 70.2 Å². The van der Waals surface area contributed by atoms with Crippen molar-refractivity contribution in [2.75, 3.05) is 52.9 Å². The van der Waals surface area contributed by atoms with Gasteiger partial charge < -0.3 is 78.3 Å². The summed E-state index contributed by atoms with van der Waals surface area (Å²) in [5.74, 6) is -2.72. The fourth-order valence-electron chi connectivity index (χ4n) is 13.0. The van der Waals surface area contributed by atoms with E-state index in [0.29, 0.717) is 59.6 Å². The normalized spacial score (nSPS) is 18.8. The summed E-state index contributed by atoms with van der Waals surface area (Å²) in [6.45, 7) is 0.250. The average Bonchev–Trinajstić information content (AvgIpc) is 1.50. The van der Waals surface area contributed by atoms with Gasteiger partial charge in [-0.25, -0.2) is 23.5 Å². The Bertz CT molecular complexity index is 4250. The molecule has 5 heterocycles. The predicted molar refractivity (Wildman–Crippen MR) is 327 cm³/mol. The third-order valence-corrected chi connectivity index (χ3v) is 20.0. The van der Waals surface area contributed by atoms with E-state index in [9.17, 15) is 57.8 Å². The molecule has 6 aromatic carbocycles. The Morgan fingerprint density at radius 3 is 2.13 bits per heavy atom. The maximum absolute atomic E-state index is 14.6. The number of alkyl carbamates (subject to hydrolysis) is 1. The summed E-state index contributed by atoms with van der Waals surface area (Å²) in [4.78, 5) is 108. The number of amides is 4. The Hall–Kier alpha value is -11.3. The van der Waals surface area contributed by atoms with Crippen LogP contribution in [0.1, 0.15) is 69.9 Å². The molecular formula is C60H60Fm4N6O19P2S2. The number of aliphatic carboxylic acids is 1. The monoisotopic (exact) mass is 2320 g/mol. The van der Waals surface area contributed by atoms with Crippen molar-refractivity contribution in [3.05, 3.63) is 149 Å². The number of phosphoric ester groups is 2. The molecule has 0 saturated carbocycles. The topological polar surface area (TPSA) is 334 Å². The zero-order valence-electron chi connectivity index (χ0n) is 49.0. The number of hydrogen-bond acceptors (Lipinski definition) is 16. The van der Waals surface area contributed by atoms with E-state index in [1.165, 1.54) is 33.6 Å². The Morgan fingerprint density at radius 2 is 1.47 bits per heavy atom. The standard InChI is InChI=1S/C60H60N6O19P2S2.4Fm/c1-60-54(79-3)44(27-46(84-60)65-42-18-10-8-16-38(42)48-50-51(57(63-56(50)70)85-87(76,77)78)49-39-17-9-11-19-43(39)66(60)53(49)52(48)65)64(2)59(72)82-28-32-20-21-45(33(26-32)22-24-80-30-47(67)68)89-88-31-41(55(69)61-23-25-83-86(73,74)75)62-58(71)81-29-40-36-14-6-4-12-34(36)35-13-5-7-15-37(35)40;;;;/h4-21,26,40-41,44,46,54,57H,22-25,27-31H2,1-3H3,(H,61,69)(H,62,71)(H,63,70)(H,67,68)(H2,73,74,75)(H2,76,77,78);;;;. The summed E-state index contributed by atoms with van der Waals surface area (Å²) in [5.41, 5.74) is 6.86. The zero-order chi connectivity index (χ0) is 62.7. The summed E-state index contributed by atoms with van der Waals surface area (Å²) < 4.78 is 68.6. The summed E-state index contributed by atoms with van der Waals surface area (Å²) in [5, 5.41) is 19.5. The first-order valence-electron chi connectivity index (χ1n) is 28.1. The van der Waals surface area contributed by atoms with Gasteiger partial charge >= 0.3 is 33.8 Å². The number of aromatic nitrogens is 2. The molecule has 8 N–H and O–H groups in total. The number of hydrogen-bond donors (Lipinski definition) is 8. The van der Waals surface area contributed by atoms with Crippen molar-refractivity contribution < 1.29 is 90.5 Å². The van der Waals surface area contributed by atoms with E-state index >= 15 is 0 Å². The van der Waals surface area contributed by atoms with Gasteiger partial charge in [0.05, 0.1) is 46.9 Å². The van der Waals surface area contributed by atoms with Crippen molar-refractivity contribution >= 4 is 111 Å². The first-order chi connectivity index (χ1) is 42.6. The molecule has 6 unspecified atom stereocenters. The van der Waals surface area contributed by atoms with Crippen LogP contribution in [0.5, 0.6) is 0 Å². The van der Waals surface area contributed by atoms with Crippen LogP contribution in [-0.4, -0.2) is 140 Å². The molecule has 8 aromatic rings. The molecule has 1 saturated heterocycles. The second kappa shape index (κ2) is 26.2. The number of fused-ring (bicyclic) bond motifs is 16. The summed E-state index contributed by atoms with van der Waals surface area (Å²) in [6, 6.07) is 33.8. The molecule has 2 bridgehead atoms. The summed E-state index contributed by atoms with van der Waals surface area (Å²) >= 11 is 0. The first-order valence-corrected chi connectivity index (χ1v) is 33.5. The number of carbonyl (C=O) groups excluding carboxylic acids is 4. The van der Waals surface area contributed by atoms with Gasteiger partial charge in [0.25, 0.3) is 5.91 Å². The van der Waals surface area contributed by atoms with Crippen LogP contribution in [0.4, 0.5) is 9.59 Å². The van der Waals surface area contributed by atoms with Crippen molar-refractivity contribution in [2.24, 2.45) is 0 Å². The maximum Gasteiger partial charge on any atom is 0.471 e. The van der Waals surface area contributed by atoms with E-state index < -0.39 is 95.2 Å². The minimum absolute atomic E-state index is 0. The van der Waals surface area contributed by atoms with Gasteiger partial charge in [-0.05, 0) is 64.9 Å². The number of carbonyl (C=O) groups is 5. The number of para-hydroxylation sites is 2. The van der Waals surface area contributed by atoms with Crippen LogP contribution in [0.15, 0.2) is 120 Å². The summed E-state index contributed by atoms with van der Waals surface area (Å²) in [6.07, 6.45) is -4.41. The van der Waals surface area contributed by atoms with Crippen LogP contribution in [0, 0.1) is 0 Å². The van der Waals surface area contributed by atoms with Gasteiger partial charge in [0.1, 0.15) is 38.2 Å². The van der Waals surface area contributed by atoms with E-state index in [2.05, 4.69) is 20.5 Å². The van der Waals surface area contributed by atoms with Gasteiger partial charge in [-0.3, -0.25) is 18.6 Å². The third-order valence-electron chi connectivity index (χ3n) is 16.5. The van der Waals surface area contributed by atoms with E-state index in [1.54, 1.807) is 25.2 Å². The van der Waals surface area contributed by atoms with E-state index in [1.807, 2.05) is 113 Å². The molecule has 514 valence electrons. The first kappa shape index (κ1) is 67.6. The number of ether oxygens (including phenoxy) is 5. The van der Waals surface area contributed by atoms with Gasteiger partial charge in [0.15, 0.2) is 12.0 Å². The van der Waals surface area contributed by atoms with Gasteiger partial charge in [-0.15, -0.1) is 0 Å². The molecule has 4 aliphatic rings. The second-order valence-corrected chi connectivity index (χ2v) is 26.6. The van der Waals surface area contributed by atoms with E-state index in [4.69, 9.17) is 28.2 Å². The van der Waals surface area contributed by atoms with Gasteiger partial charge in [-0.1, -0.05) is 119 Å². The number of phosphoric acid groups is 2. The van der Waals surface area contributed by atoms with Crippen molar-refractivity contribution in [3.8, 4) is 11.1 Å². The number of carboxylic acid groups (broad SMARTS) is 1. The van der Waals surface area contributed by atoms with Gasteiger partial charge in [0.2, 0.25) is 5.91 Å². The fraction of sp³-hybridized carbons (Fsp3) is 0.317. The predicted octanol–water partition coefficient (Wildman–Crippen LogP) is 8.53. The molecule has 12 rings (SSSR count). The molecule has 1 aliphatic carbocycles. The molecule has 25 nitrogen and oxygen atoms in total. The Morgan fingerprint density at radius 1 is 0.828 bits per heavy atom. The smallest absolute Gasteiger partial charge is 0.471 e. The van der Waals surface area contributed by atoms with E-state index in [-0.39, 0.29) is 62.0 Å². The number of methoxy groups -OCH3 is 1. The van der Waals surface area contributed by atoms with Crippen molar-refractivity contribution in [1.29, 1.82) is 0 Å².